The Bertz CT molecular complexity index is 580. The van der Waals surface area contributed by atoms with E-state index in [0.29, 0.717) is 28.7 Å². The van der Waals surface area contributed by atoms with E-state index >= 15 is 0 Å². The van der Waals surface area contributed by atoms with Crippen LogP contribution in [0.4, 0.5) is 5.69 Å². The van der Waals surface area contributed by atoms with E-state index in [1.165, 1.54) is 6.07 Å². The molecule has 2 rings (SSSR count). The van der Waals surface area contributed by atoms with Crippen molar-refractivity contribution in [2.75, 3.05) is 5.32 Å². The smallest absolute Gasteiger partial charge is 0.337 e. The molecule has 0 saturated heterocycles. The SMILES string of the molecule is Cc1cc(CNc2ccc(Cl)cc2C(=O)O)no1. The van der Waals surface area contributed by atoms with Gasteiger partial charge in [0.1, 0.15) is 11.5 Å². The second-order valence-corrected chi connectivity index (χ2v) is 4.21. The van der Waals surface area contributed by atoms with Crippen LogP contribution in [0.15, 0.2) is 28.8 Å². The van der Waals surface area contributed by atoms with E-state index in [1.54, 1.807) is 25.1 Å². The molecule has 2 N–H and O–H groups in total. The lowest BCUT2D eigenvalue weighted by molar-refractivity contribution is 0.0698. The van der Waals surface area contributed by atoms with E-state index in [-0.39, 0.29) is 5.56 Å². The van der Waals surface area contributed by atoms with Crippen molar-refractivity contribution >= 4 is 23.3 Å². The highest BCUT2D eigenvalue weighted by atomic mass is 35.5. The number of benzene rings is 1. The second kappa shape index (κ2) is 5.10. The minimum Gasteiger partial charge on any atom is -0.478 e. The number of aromatic carboxylic acids is 1. The van der Waals surface area contributed by atoms with Crippen LogP contribution in [0.25, 0.3) is 0 Å². The molecule has 1 aromatic carbocycles. The lowest BCUT2D eigenvalue weighted by atomic mass is 10.2. The average molecular weight is 267 g/mol. The van der Waals surface area contributed by atoms with Crippen LogP contribution in [0.3, 0.4) is 0 Å². The van der Waals surface area contributed by atoms with Crippen LogP contribution in [-0.4, -0.2) is 16.2 Å². The molecule has 0 aliphatic carbocycles. The van der Waals surface area contributed by atoms with Gasteiger partial charge >= 0.3 is 5.97 Å². The summed E-state index contributed by atoms with van der Waals surface area (Å²) < 4.78 is 4.92. The zero-order valence-electron chi connectivity index (χ0n) is 9.61. The van der Waals surface area contributed by atoms with E-state index in [9.17, 15) is 4.79 Å². The van der Waals surface area contributed by atoms with Gasteiger partial charge in [-0.05, 0) is 25.1 Å². The van der Waals surface area contributed by atoms with E-state index in [0.717, 1.165) is 0 Å². The summed E-state index contributed by atoms with van der Waals surface area (Å²) in [5.41, 5.74) is 1.33. The molecule has 1 aromatic heterocycles. The maximum absolute atomic E-state index is 11.1. The van der Waals surface area contributed by atoms with Gasteiger partial charge in [-0.2, -0.15) is 0 Å². The van der Waals surface area contributed by atoms with Crippen molar-refractivity contribution < 1.29 is 14.4 Å². The van der Waals surface area contributed by atoms with Crippen LogP contribution in [0.1, 0.15) is 21.8 Å². The van der Waals surface area contributed by atoms with Gasteiger partial charge in [-0.25, -0.2) is 4.79 Å². The maximum atomic E-state index is 11.1. The summed E-state index contributed by atoms with van der Waals surface area (Å²) in [6, 6.07) is 6.44. The summed E-state index contributed by atoms with van der Waals surface area (Å²) >= 11 is 5.76. The fourth-order valence-electron chi connectivity index (χ4n) is 1.53. The number of rotatable bonds is 4. The fraction of sp³-hybridized carbons (Fsp3) is 0.167. The molecule has 0 fully saturated rings. The molecule has 2 aromatic rings. The summed E-state index contributed by atoms with van der Waals surface area (Å²) in [7, 11) is 0. The van der Waals surface area contributed by atoms with Gasteiger partial charge in [-0.1, -0.05) is 16.8 Å². The summed E-state index contributed by atoms with van der Waals surface area (Å²) in [6.45, 7) is 2.18. The minimum absolute atomic E-state index is 0.128. The number of carbonyl (C=O) groups is 1. The van der Waals surface area contributed by atoms with Crippen molar-refractivity contribution in [2.24, 2.45) is 0 Å². The number of hydrogen-bond acceptors (Lipinski definition) is 4. The van der Waals surface area contributed by atoms with Gasteiger partial charge in [-0.3, -0.25) is 0 Å². The van der Waals surface area contributed by atoms with Crippen LogP contribution in [0, 0.1) is 6.92 Å². The molecule has 5 nitrogen and oxygen atoms in total. The third-order valence-corrected chi connectivity index (χ3v) is 2.58. The number of nitrogens with zero attached hydrogens (tertiary/aromatic N) is 1. The van der Waals surface area contributed by atoms with Gasteiger partial charge in [0.15, 0.2) is 0 Å². The molecule has 0 spiro atoms. The summed E-state index contributed by atoms with van der Waals surface area (Å²) in [5.74, 6) is -0.322. The first-order chi connectivity index (χ1) is 8.56. The van der Waals surface area contributed by atoms with Gasteiger partial charge in [0.25, 0.3) is 0 Å². The van der Waals surface area contributed by atoms with Crippen molar-refractivity contribution in [3.05, 3.63) is 46.3 Å². The lowest BCUT2D eigenvalue weighted by Crippen LogP contribution is -2.06. The fourth-order valence-corrected chi connectivity index (χ4v) is 1.71. The third kappa shape index (κ3) is 2.81. The van der Waals surface area contributed by atoms with Gasteiger partial charge in [0.2, 0.25) is 0 Å². The Morgan fingerprint density at radius 3 is 2.89 bits per heavy atom. The van der Waals surface area contributed by atoms with Crippen LogP contribution < -0.4 is 5.32 Å². The van der Waals surface area contributed by atoms with Crippen LogP contribution >= 0.6 is 11.6 Å². The van der Waals surface area contributed by atoms with Crippen molar-refractivity contribution in [3.63, 3.8) is 0 Å². The highest BCUT2D eigenvalue weighted by molar-refractivity contribution is 6.31. The standard InChI is InChI=1S/C12H11ClN2O3/c1-7-4-9(15-18-7)6-14-11-3-2-8(13)5-10(11)12(16)17/h2-5,14H,6H2,1H3,(H,16,17). The maximum Gasteiger partial charge on any atom is 0.337 e. The summed E-state index contributed by atoms with van der Waals surface area (Å²) in [4.78, 5) is 11.1. The van der Waals surface area contributed by atoms with Crippen molar-refractivity contribution in [2.45, 2.75) is 13.5 Å². The molecular weight excluding hydrogens is 256 g/mol. The number of aromatic nitrogens is 1. The predicted octanol–water partition coefficient (Wildman–Crippen LogP) is 2.95. The Balaban J connectivity index is 2.16. The average Bonchev–Trinajstić information content (AvgIpc) is 2.73. The number of carboxylic acid groups (broad SMARTS) is 1. The molecule has 0 atom stereocenters. The number of carboxylic acids is 1. The van der Waals surface area contributed by atoms with E-state index in [4.69, 9.17) is 21.2 Å². The third-order valence-electron chi connectivity index (χ3n) is 2.35. The number of anilines is 1. The van der Waals surface area contributed by atoms with Gasteiger partial charge < -0.3 is 14.9 Å². The predicted molar refractivity (Wildman–Crippen MR) is 67.0 cm³/mol. The molecule has 0 saturated carbocycles. The molecular formula is C12H11ClN2O3. The first-order valence-corrected chi connectivity index (χ1v) is 5.63. The van der Waals surface area contributed by atoms with Gasteiger partial charge in [0, 0.05) is 16.8 Å². The highest BCUT2D eigenvalue weighted by Crippen LogP contribution is 2.21. The molecule has 1 heterocycles. The quantitative estimate of drug-likeness (QED) is 0.890. The molecule has 0 radical (unpaired) electrons. The molecule has 0 unspecified atom stereocenters. The zero-order valence-corrected chi connectivity index (χ0v) is 10.4. The van der Waals surface area contributed by atoms with E-state index in [1.807, 2.05) is 0 Å². The Hall–Kier alpha value is -2.01. The Morgan fingerprint density at radius 1 is 1.50 bits per heavy atom. The minimum atomic E-state index is -1.03. The molecule has 18 heavy (non-hydrogen) atoms. The number of halogens is 1. The Labute approximate surface area is 108 Å². The molecule has 0 amide bonds. The zero-order chi connectivity index (χ0) is 13.1. The van der Waals surface area contributed by atoms with Crippen LogP contribution in [-0.2, 0) is 6.54 Å². The molecule has 0 aliphatic heterocycles. The molecule has 0 aliphatic rings. The van der Waals surface area contributed by atoms with Gasteiger partial charge in [0.05, 0.1) is 12.1 Å². The van der Waals surface area contributed by atoms with Crippen molar-refractivity contribution in [3.8, 4) is 0 Å². The molecule has 0 bridgehead atoms. The van der Waals surface area contributed by atoms with Gasteiger partial charge in [-0.15, -0.1) is 0 Å². The second-order valence-electron chi connectivity index (χ2n) is 3.78. The van der Waals surface area contributed by atoms with E-state index in [2.05, 4.69) is 10.5 Å². The number of nitrogens with one attached hydrogen (secondary N) is 1. The number of hydrogen-bond donors (Lipinski definition) is 2. The summed E-state index contributed by atoms with van der Waals surface area (Å²) in [6.07, 6.45) is 0. The number of aryl methyl sites for hydroxylation is 1. The topological polar surface area (TPSA) is 75.4 Å². The highest BCUT2D eigenvalue weighted by Gasteiger charge is 2.11. The lowest BCUT2D eigenvalue weighted by Gasteiger charge is -2.08. The Kier molecular flexibility index (Phi) is 3.53. The van der Waals surface area contributed by atoms with Crippen molar-refractivity contribution in [1.82, 2.24) is 5.16 Å². The van der Waals surface area contributed by atoms with Crippen molar-refractivity contribution in [1.29, 1.82) is 0 Å². The first-order valence-electron chi connectivity index (χ1n) is 5.25. The molecule has 94 valence electrons. The monoisotopic (exact) mass is 266 g/mol. The first kappa shape index (κ1) is 12.4. The Morgan fingerprint density at radius 2 is 2.28 bits per heavy atom. The normalized spacial score (nSPS) is 10.3. The summed E-state index contributed by atoms with van der Waals surface area (Å²) in [5, 5.41) is 16.2. The largest absolute Gasteiger partial charge is 0.478 e. The van der Waals surface area contributed by atoms with Crippen LogP contribution in [0.5, 0.6) is 0 Å². The van der Waals surface area contributed by atoms with E-state index < -0.39 is 5.97 Å². The van der Waals surface area contributed by atoms with Crippen LogP contribution in [0.2, 0.25) is 5.02 Å². The molecule has 6 heteroatoms.